The molecule has 0 fully saturated rings. The third-order valence-electron chi connectivity index (χ3n) is 2.63. The van der Waals surface area contributed by atoms with Crippen LogP contribution in [0.15, 0.2) is 46.9 Å². The Morgan fingerprint density at radius 2 is 1.67 bits per heavy atom. The van der Waals surface area contributed by atoms with Crippen LogP contribution >= 0.6 is 15.9 Å². The summed E-state index contributed by atoms with van der Waals surface area (Å²) in [4.78, 5) is 11.9. The summed E-state index contributed by atoms with van der Waals surface area (Å²) in [7, 11) is 0. The van der Waals surface area contributed by atoms with Crippen molar-refractivity contribution in [3.05, 3.63) is 63.9 Å². The minimum atomic E-state index is -4.74. The Kier molecular flexibility index (Phi) is 4.32. The Morgan fingerprint density at radius 3 is 2.24 bits per heavy atom. The summed E-state index contributed by atoms with van der Waals surface area (Å²) in [6.07, 6.45) is -4.74. The van der Waals surface area contributed by atoms with Gasteiger partial charge in [0.25, 0.3) is 5.91 Å². The van der Waals surface area contributed by atoms with Crippen molar-refractivity contribution in [2.45, 2.75) is 6.18 Å². The van der Waals surface area contributed by atoms with Crippen molar-refractivity contribution >= 4 is 27.5 Å². The topological polar surface area (TPSA) is 29.1 Å². The van der Waals surface area contributed by atoms with E-state index in [9.17, 15) is 22.4 Å². The van der Waals surface area contributed by atoms with E-state index in [0.29, 0.717) is 23.9 Å². The number of anilines is 1. The molecule has 2 aromatic rings. The standard InChI is InChI=1S/C14H8BrF4NO/c15-8-1-4-10(5-2-8)20-13(21)11-7-9(16)3-6-12(11)14(17,18)19/h1-7H,(H,20,21). The molecular weight excluding hydrogens is 354 g/mol. The number of amides is 1. The molecule has 0 saturated heterocycles. The molecule has 0 atom stereocenters. The second kappa shape index (κ2) is 5.85. The van der Waals surface area contributed by atoms with Crippen LogP contribution in [0, 0.1) is 5.82 Å². The lowest BCUT2D eigenvalue weighted by molar-refractivity contribution is -0.137. The van der Waals surface area contributed by atoms with E-state index in [4.69, 9.17) is 0 Å². The van der Waals surface area contributed by atoms with Crippen molar-refractivity contribution in [1.29, 1.82) is 0 Å². The number of halogens is 5. The first-order chi connectivity index (χ1) is 9.77. The summed E-state index contributed by atoms with van der Waals surface area (Å²) in [5.41, 5.74) is -1.63. The molecule has 0 heterocycles. The van der Waals surface area contributed by atoms with Gasteiger partial charge in [0.05, 0.1) is 11.1 Å². The van der Waals surface area contributed by atoms with Crippen LogP contribution in [0.5, 0.6) is 0 Å². The van der Waals surface area contributed by atoms with Crippen LogP contribution < -0.4 is 5.32 Å². The molecule has 0 aliphatic heterocycles. The fraction of sp³-hybridized carbons (Fsp3) is 0.0714. The summed E-state index contributed by atoms with van der Waals surface area (Å²) in [6, 6.07) is 8.03. The first-order valence-electron chi connectivity index (χ1n) is 5.71. The number of hydrogen-bond donors (Lipinski definition) is 1. The molecule has 0 saturated carbocycles. The van der Waals surface area contributed by atoms with Crippen LogP contribution in [0.2, 0.25) is 0 Å². The van der Waals surface area contributed by atoms with Gasteiger partial charge in [-0.3, -0.25) is 4.79 Å². The average molecular weight is 362 g/mol. The van der Waals surface area contributed by atoms with E-state index < -0.39 is 29.0 Å². The summed E-state index contributed by atoms with van der Waals surface area (Å²) >= 11 is 3.19. The molecule has 0 aromatic heterocycles. The Balaban J connectivity index is 2.34. The number of carbonyl (C=O) groups excluding carboxylic acids is 1. The fourth-order valence-electron chi connectivity index (χ4n) is 1.68. The molecule has 0 aliphatic carbocycles. The summed E-state index contributed by atoms with van der Waals surface area (Å²) in [5.74, 6) is -1.94. The zero-order valence-electron chi connectivity index (χ0n) is 10.3. The molecule has 0 radical (unpaired) electrons. The molecule has 2 aromatic carbocycles. The van der Waals surface area contributed by atoms with Gasteiger partial charge in [-0.15, -0.1) is 0 Å². The smallest absolute Gasteiger partial charge is 0.322 e. The fourth-order valence-corrected chi connectivity index (χ4v) is 1.95. The van der Waals surface area contributed by atoms with Gasteiger partial charge in [0, 0.05) is 10.2 Å². The quantitative estimate of drug-likeness (QED) is 0.760. The average Bonchev–Trinajstić information content (AvgIpc) is 2.40. The van der Waals surface area contributed by atoms with Gasteiger partial charge in [-0.2, -0.15) is 13.2 Å². The molecule has 0 spiro atoms. The minimum Gasteiger partial charge on any atom is -0.322 e. The lowest BCUT2D eigenvalue weighted by Gasteiger charge is -2.13. The van der Waals surface area contributed by atoms with Crippen molar-refractivity contribution in [1.82, 2.24) is 0 Å². The largest absolute Gasteiger partial charge is 0.417 e. The molecular formula is C14H8BrF4NO. The van der Waals surface area contributed by atoms with Crippen LogP contribution in [0.3, 0.4) is 0 Å². The Bertz CT molecular complexity index is 668. The predicted octanol–water partition coefficient (Wildman–Crippen LogP) is 4.86. The highest BCUT2D eigenvalue weighted by atomic mass is 79.9. The van der Waals surface area contributed by atoms with Gasteiger partial charge in [0.2, 0.25) is 0 Å². The Hall–Kier alpha value is -1.89. The lowest BCUT2D eigenvalue weighted by atomic mass is 10.1. The first kappa shape index (κ1) is 15.5. The van der Waals surface area contributed by atoms with E-state index in [-0.39, 0.29) is 0 Å². The SMILES string of the molecule is O=C(Nc1ccc(Br)cc1)c1cc(F)ccc1C(F)(F)F. The van der Waals surface area contributed by atoms with E-state index in [0.717, 1.165) is 4.47 Å². The molecule has 7 heteroatoms. The number of carbonyl (C=O) groups is 1. The predicted molar refractivity (Wildman–Crippen MR) is 73.5 cm³/mol. The van der Waals surface area contributed by atoms with Gasteiger partial charge >= 0.3 is 6.18 Å². The van der Waals surface area contributed by atoms with Crippen LogP contribution in [0.25, 0.3) is 0 Å². The van der Waals surface area contributed by atoms with Gasteiger partial charge < -0.3 is 5.32 Å². The third kappa shape index (κ3) is 3.81. The van der Waals surface area contributed by atoms with E-state index >= 15 is 0 Å². The van der Waals surface area contributed by atoms with Gasteiger partial charge in [-0.25, -0.2) is 4.39 Å². The molecule has 0 aliphatic rings. The molecule has 0 bridgehead atoms. The van der Waals surface area contributed by atoms with Gasteiger partial charge in [-0.1, -0.05) is 15.9 Å². The highest BCUT2D eigenvalue weighted by Gasteiger charge is 2.35. The van der Waals surface area contributed by atoms with E-state index in [1.807, 2.05) is 0 Å². The van der Waals surface area contributed by atoms with Crippen molar-refractivity contribution in [3.8, 4) is 0 Å². The molecule has 110 valence electrons. The molecule has 1 N–H and O–H groups in total. The molecule has 2 nitrogen and oxygen atoms in total. The second-order valence-corrected chi connectivity index (χ2v) is 5.06. The van der Waals surface area contributed by atoms with Crippen molar-refractivity contribution in [3.63, 3.8) is 0 Å². The normalized spacial score (nSPS) is 11.3. The van der Waals surface area contributed by atoms with Gasteiger partial charge in [-0.05, 0) is 42.5 Å². The van der Waals surface area contributed by atoms with E-state index in [2.05, 4.69) is 21.2 Å². The van der Waals surface area contributed by atoms with Crippen molar-refractivity contribution in [2.24, 2.45) is 0 Å². The zero-order valence-corrected chi connectivity index (χ0v) is 11.9. The monoisotopic (exact) mass is 361 g/mol. The maximum atomic E-state index is 13.1. The summed E-state index contributed by atoms with van der Waals surface area (Å²) < 4.78 is 52.4. The lowest BCUT2D eigenvalue weighted by Crippen LogP contribution is -2.19. The summed E-state index contributed by atoms with van der Waals surface area (Å²) in [5, 5.41) is 2.30. The number of hydrogen-bond acceptors (Lipinski definition) is 1. The zero-order chi connectivity index (χ0) is 15.6. The van der Waals surface area contributed by atoms with Crippen molar-refractivity contribution < 1.29 is 22.4 Å². The second-order valence-electron chi connectivity index (χ2n) is 4.15. The van der Waals surface area contributed by atoms with Gasteiger partial charge in [0.1, 0.15) is 5.82 Å². The maximum absolute atomic E-state index is 13.1. The third-order valence-corrected chi connectivity index (χ3v) is 3.16. The van der Waals surface area contributed by atoms with Gasteiger partial charge in [0.15, 0.2) is 0 Å². The maximum Gasteiger partial charge on any atom is 0.417 e. The van der Waals surface area contributed by atoms with E-state index in [1.165, 1.54) is 12.1 Å². The minimum absolute atomic E-state index is 0.306. The van der Waals surface area contributed by atoms with Crippen LogP contribution in [-0.2, 0) is 6.18 Å². The Morgan fingerprint density at radius 1 is 1.05 bits per heavy atom. The highest BCUT2D eigenvalue weighted by Crippen LogP contribution is 2.32. The highest BCUT2D eigenvalue weighted by molar-refractivity contribution is 9.10. The van der Waals surface area contributed by atoms with Crippen LogP contribution in [-0.4, -0.2) is 5.91 Å². The number of rotatable bonds is 2. The Labute approximate surface area is 125 Å². The summed E-state index contributed by atoms with van der Waals surface area (Å²) in [6.45, 7) is 0. The van der Waals surface area contributed by atoms with Crippen LogP contribution in [0.1, 0.15) is 15.9 Å². The van der Waals surface area contributed by atoms with E-state index in [1.54, 1.807) is 12.1 Å². The first-order valence-corrected chi connectivity index (χ1v) is 6.50. The number of benzene rings is 2. The van der Waals surface area contributed by atoms with Crippen molar-refractivity contribution in [2.75, 3.05) is 5.32 Å². The molecule has 0 unspecified atom stereocenters. The number of nitrogens with one attached hydrogen (secondary N) is 1. The molecule has 2 rings (SSSR count). The molecule has 21 heavy (non-hydrogen) atoms. The molecule has 1 amide bonds. The van der Waals surface area contributed by atoms with Crippen LogP contribution in [0.4, 0.5) is 23.2 Å². The number of alkyl halides is 3.